The highest BCUT2D eigenvalue weighted by molar-refractivity contribution is 5.91. The quantitative estimate of drug-likeness (QED) is 0.663. The van der Waals surface area contributed by atoms with E-state index in [1.807, 2.05) is 12.1 Å². The van der Waals surface area contributed by atoms with E-state index in [0.29, 0.717) is 0 Å². The summed E-state index contributed by atoms with van der Waals surface area (Å²) in [5.41, 5.74) is 2.53. The molecule has 76 valence electrons. The van der Waals surface area contributed by atoms with Gasteiger partial charge in [0.15, 0.2) is 0 Å². The molecule has 1 nitrogen and oxygen atoms in total. The molecule has 0 heterocycles. The van der Waals surface area contributed by atoms with Crippen molar-refractivity contribution in [3.8, 4) is 5.75 Å². The number of aryl methyl sites for hydroxylation is 2. The SMILES string of the molecule is C=COc1cccc2c(C)cc(C)cc12. The molecule has 2 aromatic rings. The van der Waals surface area contributed by atoms with E-state index in [4.69, 9.17) is 4.74 Å². The van der Waals surface area contributed by atoms with Gasteiger partial charge in [0.1, 0.15) is 5.75 Å². The zero-order chi connectivity index (χ0) is 10.8. The summed E-state index contributed by atoms with van der Waals surface area (Å²) in [6.07, 6.45) is 1.46. The molecule has 2 aromatic carbocycles. The van der Waals surface area contributed by atoms with Gasteiger partial charge in [-0.15, -0.1) is 0 Å². The van der Waals surface area contributed by atoms with Crippen LogP contribution in [0.15, 0.2) is 43.2 Å². The van der Waals surface area contributed by atoms with Crippen molar-refractivity contribution >= 4 is 10.8 Å². The van der Waals surface area contributed by atoms with Crippen molar-refractivity contribution in [2.24, 2.45) is 0 Å². The molecule has 0 unspecified atom stereocenters. The topological polar surface area (TPSA) is 9.23 Å². The van der Waals surface area contributed by atoms with Gasteiger partial charge in [0.2, 0.25) is 0 Å². The van der Waals surface area contributed by atoms with Gasteiger partial charge in [-0.1, -0.05) is 30.3 Å². The molecule has 0 aliphatic heterocycles. The number of hydrogen-bond acceptors (Lipinski definition) is 1. The monoisotopic (exact) mass is 198 g/mol. The Kier molecular flexibility index (Phi) is 2.46. The van der Waals surface area contributed by atoms with E-state index in [0.717, 1.165) is 11.1 Å². The molecule has 0 saturated carbocycles. The van der Waals surface area contributed by atoms with Crippen molar-refractivity contribution < 1.29 is 4.74 Å². The fourth-order valence-corrected chi connectivity index (χ4v) is 1.92. The van der Waals surface area contributed by atoms with E-state index in [1.165, 1.54) is 22.8 Å². The average Bonchev–Trinajstić information content (AvgIpc) is 2.19. The molecule has 0 fully saturated rings. The van der Waals surface area contributed by atoms with E-state index < -0.39 is 0 Å². The Labute approximate surface area is 90.0 Å². The van der Waals surface area contributed by atoms with Gasteiger partial charge in [-0.25, -0.2) is 0 Å². The minimum atomic E-state index is 0.870. The van der Waals surface area contributed by atoms with Gasteiger partial charge in [0.05, 0.1) is 6.26 Å². The maximum absolute atomic E-state index is 5.39. The Morgan fingerprint density at radius 1 is 1.13 bits per heavy atom. The summed E-state index contributed by atoms with van der Waals surface area (Å²) >= 11 is 0. The lowest BCUT2D eigenvalue weighted by molar-refractivity contribution is 0.489. The molecule has 0 aliphatic rings. The van der Waals surface area contributed by atoms with E-state index in [9.17, 15) is 0 Å². The van der Waals surface area contributed by atoms with Gasteiger partial charge in [-0.2, -0.15) is 0 Å². The summed E-state index contributed by atoms with van der Waals surface area (Å²) in [5.74, 6) is 0.870. The van der Waals surface area contributed by atoms with Gasteiger partial charge >= 0.3 is 0 Å². The predicted octanol–water partition coefficient (Wildman–Crippen LogP) is 3.98. The van der Waals surface area contributed by atoms with E-state index in [-0.39, 0.29) is 0 Å². The molecule has 2 rings (SSSR count). The third-order valence-corrected chi connectivity index (χ3v) is 2.52. The van der Waals surface area contributed by atoms with Crippen LogP contribution in [-0.2, 0) is 0 Å². The molecule has 0 spiro atoms. The maximum Gasteiger partial charge on any atom is 0.134 e. The van der Waals surface area contributed by atoms with Crippen LogP contribution in [-0.4, -0.2) is 0 Å². The van der Waals surface area contributed by atoms with Crippen LogP contribution in [0.4, 0.5) is 0 Å². The van der Waals surface area contributed by atoms with Gasteiger partial charge in [-0.05, 0) is 36.9 Å². The van der Waals surface area contributed by atoms with Crippen LogP contribution in [0.3, 0.4) is 0 Å². The number of rotatable bonds is 2. The molecule has 0 aliphatic carbocycles. The zero-order valence-electron chi connectivity index (χ0n) is 9.08. The minimum Gasteiger partial charge on any atom is -0.465 e. The second kappa shape index (κ2) is 3.77. The largest absolute Gasteiger partial charge is 0.465 e. The Morgan fingerprint density at radius 2 is 1.93 bits per heavy atom. The molecule has 0 bridgehead atoms. The summed E-state index contributed by atoms with van der Waals surface area (Å²) in [7, 11) is 0. The summed E-state index contributed by atoms with van der Waals surface area (Å²) < 4.78 is 5.39. The summed E-state index contributed by atoms with van der Waals surface area (Å²) in [6, 6.07) is 10.4. The van der Waals surface area contributed by atoms with Crippen LogP contribution >= 0.6 is 0 Å². The smallest absolute Gasteiger partial charge is 0.134 e. The summed E-state index contributed by atoms with van der Waals surface area (Å²) in [5, 5.41) is 2.38. The van der Waals surface area contributed by atoms with Crippen molar-refractivity contribution in [1.82, 2.24) is 0 Å². The summed E-state index contributed by atoms with van der Waals surface area (Å²) in [6.45, 7) is 7.80. The van der Waals surface area contributed by atoms with Crippen LogP contribution in [0.5, 0.6) is 5.75 Å². The second-order valence-corrected chi connectivity index (χ2v) is 3.72. The molecule has 1 heteroatoms. The predicted molar refractivity (Wildman–Crippen MR) is 64.2 cm³/mol. The number of benzene rings is 2. The van der Waals surface area contributed by atoms with Gasteiger partial charge in [0, 0.05) is 5.39 Å². The molecular formula is C14H14O. The molecule has 0 radical (unpaired) electrons. The van der Waals surface area contributed by atoms with Crippen LogP contribution in [0, 0.1) is 13.8 Å². The first kappa shape index (κ1) is 9.78. The summed E-state index contributed by atoms with van der Waals surface area (Å²) in [4.78, 5) is 0. The van der Waals surface area contributed by atoms with Crippen LogP contribution in [0.2, 0.25) is 0 Å². The first-order valence-corrected chi connectivity index (χ1v) is 5.00. The number of fused-ring (bicyclic) bond motifs is 1. The minimum absolute atomic E-state index is 0.870. The third-order valence-electron chi connectivity index (χ3n) is 2.52. The average molecular weight is 198 g/mol. The molecule has 0 atom stereocenters. The number of hydrogen-bond donors (Lipinski definition) is 0. The molecule has 15 heavy (non-hydrogen) atoms. The molecule has 0 amide bonds. The van der Waals surface area contributed by atoms with Crippen LogP contribution in [0.1, 0.15) is 11.1 Å². The van der Waals surface area contributed by atoms with E-state index >= 15 is 0 Å². The lowest BCUT2D eigenvalue weighted by atomic mass is 10.0. The van der Waals surface area contributed by atoms with Crippen LogP contribution < -0.4 is 4.74 Å². The lowest BCUT2D eigenvalue weighted by Gasteiger charge is -2.08. The maximum atomic E-state index is 5.39. The molecule has 0 aromatic heterocycles. The van der Waals surface area contributed by atoms with E-state index in [1.54, 1.807) is 0 Å². The Hall–Kier alpha value is -1.76. The van der Waals surface area contributed by atoms with Gasteiger partial charge in [-0.3, -0.25) is 0 Å². The van der Waals surface area contributed by atoms with Crippen molar-refractivity contribution in [1.29, 1.82) is 0 Å². The second-order valence-electron chi connectivity index (χ2n) is 3.72. The fourth-order valence-electron chi connectivity index (χ4n) is 1.92. The van der Waals surface area contributed by atoms with Crippen molar-refractivity contribution in [3.05, 3.63) is 54.3 Å². The highest BCUT2D eigenvalue weighted by Gasteiger charge is 2.03. The zero-order valence-corrected chi connectivity index (χ0v) is 9.08. The van der Waals surface area contributed by atoms with Crippen molar-refractivity contribution in [2.75, 3.05) is 0 Å². The Bertz CT molecular complexity index is 512. The molecule has 0 saturated heterocycles. The van der Waals surface area contributed by atoms with Gasteiger partial charge in [0.25, 0.3) is 0 Å². The van der Waals surface area contributed by atoms with Crippen molar-refractivity contribution in [2.45, 2.75) is 13.8 Å². The highest BCUT2D eigenvalue weighted by Crippen LogP contribution is 2.29. The van der Waals surface area contributed by atoms with Crippen molar-refractivity contribution in [3.63, 3.8) is 0 Å². The highest BCUT2D eigenvalue weighted by atomic mass is 16.5. The molecular weight excluding hydrogens is 184 g/mol. The molecule has 0 N–H and O–H groups in total. The number of ether oxygens (including phenoxy) is 1. The standard InChI is InChI=1S/C14H14O/c1-4-15-14-7-5-6-12-11(3)8-10(2)9-13(12)14/h4-9H,1H2,2-3H3. The van der Waals surface area contributed by atoms with E-state index in [2.05, 4.69) is 38.6 Å². The normalized spacial score (nSPS) is 10.3. The fraction of sp³-hybridized carbons (Fsp3) is 0.143. The first-order chi connectivity index (χ1) is 7.22. The van der Waals surface area contributed by atoms with Gasteiger partial charge < -0.3 is 4.74 Å². The Balaban J connectivity index is 2.78. The Morgan fingerprint density at radius 3 is 2.67 bits per heavy atom. The third kappa shape index (κ3) is 1.73. The van der Waals surface area contributed by atoms with Crippen LogP contribution in [0.25, 0.3) is 10.8 Å². The first-order valence-electron chi connectivity index (χ1n) is 5.00. The lowest BCUT2D eigenvalue weighted by Crippen LogP contribution is -1.86.